The van der Waals surface area contributed by atoms with Crippen molar-refractivity contribution in [3.63, 3.8) is 0 Å². The standard InChI is InChI=1S/C20H20N4O2/c1-13(2)24-12-21-16-9-8-15(10-17(16)24)20-22-19(26-23-20)11-25-18-7-5-4-6-14(18)3/h4-10,12-13H,11H2,1-3H3. The van der Waals surface area contributed by atoms with E-state index in [1.165, 1.54) is 0 Å². The van der Waals surface area contributed by atoms with Crippen LogP contribution in [0.2, 0.25) is 0 Å². The van der Waals surface area contributed by atoms with Gasteiger partial charge in [-0.3, -0.25) is 0 Å². The van der Waals surface area contributed by atoms with Gasteiger partial charge in [-0.2, -0.15) is 4.98 Å². The summed E-state index contributed by atoms with van der Waals surface area (Å²) in [5, 5.41) is 4.09. The van der Waals surface area contributed by atoms with Crippen molar-refractivity contribution >= 4 is 11.0 Å². The Morgan fingerprint density at radius 3 is 2.81 bits per heavy atom. The number of hydrogen-bond donors (Lipinski definition) is 0. The summed E-state index contributed by atoms with van der Waals surface area (Å²) in [6.45, 7) is 6.50. The topological polar surface area (TPSA) is 66.0 Å². The van der Waals surface area contributed by atoms with Crippen molar-refractivity contribution in [1.29, 1.82) is 0 Å². The van der Waals surface area contributed by atoms with Gasteiger partial charge in [-0.15, -0.1) is 0 Å². The van der Waals surface area contributed by atoms with Gasteiger partial charge in [-0.1, -0.05) is 23.4 Å². The van der Waals surface area contributed by atoms with E-state index in [1.807, 2.05) is 55.7 Å². The molecule has 0 radical (unpaired) electrons. The molecule has 6 nitrogen and oxygen atoms in total. The molecule has 2 heterocycles. The Morgan fingerprint density at radius 2 is 2.00 bits per heavy atom. The molecular weight excluding hydrogens is 328 g/mol. The fraction of sp³-hybridized carbons (Fsp3) is 0.250. The van der Waals surface area contributed by atoms with Crippen molar-refractivity contribution in [2.24, 2.45) is 0 Å². The molecule has 0 saturated carbocycles. The van der Waals surface area contributed by atoms with E-state index in [-0.39, 0.29) is 6.61 Å². The number of aryl methyl sites for hydroxylation is 1. The molecule has 4 rings (SSSR count). The van der Waals surface area contributed by atoms with Crippen LogP contribution in [0.25, 0.3) is 22.4 Å². The largest absolute Gasteiger partial charge is 0.483 e. The summed E-state index contributed by atoms with van der Waals surface area (Å²) in [4.78, 5) is 8.89. The predicted octanol–water partition coefficient (Wildman–Crippen LogP) is 4.55. The molecule has 6 heteroatoms. The Morgan fingerprint density at radius 1 is 1.15 bits per heavy atom. The predicted molar refractivity (Wildman–Crippen MR) is 98.9 cm³/mol. The van der Waals surface area contributed by atoms with Gasteiger partial charge in [0.2, 0.25) is 5.82 Å². The molecule has 0 amide bonds. The van der Waals surface area contributed by atoms with Crippen molar-refractivity contribution in [2.75, 3.05) is 0 Å². The number of rotatable bonds is 5. The van der Waals surface area contributed by atoms with Gasteiger partial charge in [0.05, 0.1) is 17.4 Å². The van der Waals surface area contributed by atoms with Crippen molar-refractivity contribution in [3.8, 4) is 17.1 Å². The minimum Gasteiger partial charge on any atom is -0.483 e. The van der Waals surface area contributed by atoms with Crippen molar-refractivity contribution in [2.45, 2.75) is 33.4 Å². The molecule has 2 aromatic carbocycles. The molecule has 2 aromatic heterocycles. The summed E-state index contributed by atoms with van der Waals surface area (Å²) in [5.74, 6) is 1.81. The smallest absolute Gasteiger partial charge is 0.264 e. The van der Waals surface area contributed by atoms with Crippen LogP contribution in [-0.2, 0) is 6.61 Å². The summed E-state index contributed by atoms with van der Waals surface area (Å²) < 4.78 is 13.2. The van der Waals surface area contributed by atoms with E-state index in [2.05, 4.69) is 33.5 Å². The average Bonchev–Trinajstić information content (AvgIpc) is 3.27. The molecule has 0 saturated heterocycles. The van der Waals surface area contributed by atoms with Crippen LogP contribution >= 0.6 is 0 Å². The normalized spacial score (nSPS) is 11.4. The molecule has 0 unspecified atom stereocenters. The Kier molecular flexibility index (Phi) is 4.16. The summed E-state index contributed by atoms with van der Waals surface area (Å²) in [6.07, 6.45) is 1.86. The van der Waals surface area contributed by atoms with Crippen molar-refractivity contribution in [1.82, 2.24) is 19.7 Å². The molecule has 0 atom stereocenters. The zero-order valence-corrected chi connectivity index (χ0v) is 15.0. The maximum absolute atomic E-state index is 5.77. The van der Waals surface area contributed by atoms with Crippen LogP contribution in [0.15, 0.2) is 53.3 Å². The Balaban J connectivity index is 1.57. The molecule has 4 aromatic rings. The molecule has 0 fully saturated rings. The minimum atomic E-state index is 0.240. The maximum Gasteiger partial charge on any atom is 0.264 e. The maximum atomic E-state index is 5.77. The second-order valence-electron chi connectivity index (χ2n) is 6.51. The van der Waals surface area contributed by atoms with E-state index in [0.29, 0.717) is 17.8 Å². The molecule has 0 aliphatic rings. The summed E-state index contributed by atoms with van der Waals surface area (Å²) in [5.41, 5.74) is 3.97. The minimum absolute atomic E-state index is 0.240. The van der Waals surface area contributed by atoms with Crippen LogP contribution in [0.4, 0.5) is 0 Å². The Hall–Kier alpha value is -3.15. The zero-order chi connectivity index (χ0) is 18.1. The van der Waals surface area contributed by atoms with Crippen LogP contribution in [0.3, 0.4) is 0 Å². The van der Waals surface area contributed by atoms with E-state index in [4.69, 9.17) is 9.26 Å². The van der Waals surface area contributed by atoms with Crippen molar-refractivity contribution in [3.05, 3.63) is 60.2 Å². The van der Waals surface area contributed by atoms with Gasteiger partial charge in [0.25, 0.3) is 5.89 Å². The monoisotopic (exact) mass is 348 g/mol. The second kappa shape index (κ2) is 6.63. The molecule has 0 N–H and O–H groups in total. The van der Waals surface area contributed by atoms with Crippen LogP contribution in [0, 0.1) is 6.92 Å². The third-order valence-corrected chi connectivity index (χ3v) is 4.30. The first-order chi connectivity index (χ1) is 12.6. The third-order valence-electron chi connectivity index (χ3n) is 4.30. The number of nitrogens with zero attached hydrogens (tertiary/aromatic N) is 4. The highest BCUT2D eigenvalue weighted by molar-refractivity contribution is 5.80. The number of fused-ring (bicyclic) bond motifs is 1. The van der Waals surface area contributed by atoms with Crippen LogP contribution < -0.4 is 4.74 Å². The van der Waals surface area contributed by atoms with E-state index >= 15 is 0 Å². The first-order valence-electron chi connectivity index (χ1n) is 8.60. The van der Waals surface area contributed by atoms with Crippen LogP contribution in [-0.4, -0.2) is 19.7 Å². The summed E-state index contributed by atoms with van der Waals surface area (Å²) in [6, 6.07) is 14.1. The molecule has 0 spiro atoms. The van der Waals surface area contributed by atoms with Gasteiger partial charge >= 0.3 is 0 Å². The fourth-order valence-electron chi connectivity index (χ4n) is 2.87. The highest BCUT2D eigenvalue weighted by atomic mass is 16.5. The van der Waals surface area contributed by atoms with Gasteiger partial charge in [-0.05, 0) is 50.6 Å². The van der Waals surface area contributed by atoms with Gasteiger partial charge in [0, 0.05) is 11.6 Å². The summed E-state index contributed by atoms with van der Waals surface area (Å²) >= 11 is 0. The molecule has 132 valence electrons. The Bertz CT molecular complexity index is 1050. The van der Waals surface area contributed by atoms with E-state index in [0.717, 1.165) is 27.9 Å². The fourth-order valence-corrected chi connectivity index (χ4v) is 2.87. The average molecular weight is 348 g/mol. The van der Waals surface area contributed by atoms with Gasteiger partial charge in [-0.25, -0.2) is 4.98 Å². The van der Waals surface area contributed by atoms with Crippen LogP contribution in [0.5, 0.6) is 5.75 Å². The number of imidazole rings is 1. The summed E-state index contributed by atoms with van der Waals surface area (Å²) in [7, 11) is 0. The lowest BCUT2D eigenvalue weighted by Gasteiger charge is -2.08. The number of benzene rings is 2. The highest BCUT2D eigenvalue weighted by Crippen LogP contribution is 2.24. The third kappa shape index (κ3) is 3.06. The number of para-hydroxylation sites is 1. The zero-order valence-electron chi connectivity index (χ0n) is 15.0. The van der Waals surface area contributed by atoms with E-state index in [1.54, 1.807) is 0 Å². The lowest BCUT2D eigenvalue weighted by Crippen LogP contribution is -1.98. The van der Waals surface area contributed by atoms with Gasteiger partial charge < -0.3 is 13.8 Å². The lowest BCUT2D eigenvalue weighted by atomic mass is 10.2. The molecule has 0 bridgehead atoms. The number of ether oxygens (including phenoxy) is 1. The van der Waals surface area contributed by atoms with Crippen molar-refractivity contribution < 1.29 is 9.26 Å². The van der Waals surface area contributed by atoms with E-state index < -0.39 is 0 Å². The van der Waals surface area contributed by atoms with Gasteiger partial charge in [0.1, 0.15) is 5.75 Å². The first-order valence-corrected chi connectivity index (χ1v) is 8.60. The molecule has 0 aliphatic heterocycles. The quantitative estimate of drug-likeness (QED) is 0.529. The lowest BCUT2D eigenvalue weighted by molar-refractivity contribution is 0.242. The first kappa shape index (κ1) is 16.3. The van der Waals surface area contributed by atoms with Crippen LogP contribution in [0.1, 0.15) is 31.3 Å². The highest BCUT2D eigenvalue weighted by Gasteiger charge is 2.13. The number of aromatic nitrogens is 4. The second-order valence-corrected chi connectivity index (χ2v) is 6.51. The van der Waals surface area contributed by atoms with Gasteiger partial charge in [0.15, 0.2) is 6.61 Å². The SMILES string of the molecule is Cc1ccccc1OCc1nc(-c2ccc3ncn(C(C)C)c3c2)no1. The number of hydrogen-bond acceptors (Lipinski definition) is 5. The molecule has 26 heavy (non-hydrogen) atoms. The van der Waals surface area contributed by atoms with E-state index in [9.17, 15) is 0 Å². The molecule has 0 aliphatic carbocycles. The Labute approximate surface area is 151 Å². The molecular formula is C20H20N4O2.